The largest absolute Gasteiger partial charge is 0.389 e. The van der Waals surface area contributed by atoms with E-state index in [9.17, 15) is 14.6 Å². The standard InChI is InChI=1S/C16H25FN2O2/c1-12(20)13-4-5-15(14(17)10-13)19-8-6-18(7-9-19)11-16(2,3)21/h4-5,10,12,20-21H,6-9,11H2,1-3H3. The molecule has 5 heteroatoms. The third-order valence-corrected chi connectivity index (χ3v) is 3.78. The summed E-state index contributed by atoms with van der Waals surface area (Å²) in [6.07, 6.45) is -0.655. The fourth-order valence-electron chi connectivity index (χ4n) is 2.73. The molecular weight excluding hydrogens is 271 g/mol. The minimum Gasteiger partial charge on any atom is -0.389 e. The van der Waals surface area contributed by atoms with E-state index in [0.717, 1.165) is 26.2 Å². The van der Waals surface area contributed by atoms with E-state index in [-0.39, 0.29) is 5.82 Å². The monoisotopic (exact) mass is 296 g/mol. The third-order valence-electron chi connectivity index (χ3n) is 3.78. The van der Waals surface area contributed by atoms with Gasteiger partial charge in [0, 0.05) is 32.7 Å². The highest BCUT2D eigenvalue weighted by atomic mass is 19.1. The highest BCUT2D eigenvalue weighted by molar-refractivity contribution is 5.50. The van der Waals surface area contributed by atoms with Gasteiger partial charge in [0.25, 0.3) is 0 Å². The van der Waals surface area contributed by atoms with Gasteiger partial charge >= 0.3 is 0 Å². The number of aliphatic hydroxyl groups is 2. The minimum absolute atomic E-state index is 0.288. The molecule has 0 bridgehead atoms. The first-order valence-electron chi connectivity index (χ1n) is 7.43. The van der Waals surface area contributed by atoms with Crippen LogP contribution in [0.1, 0.15) is 32.4 Å². The van der Waals surface area contributed by atoms with Gasteiger partial charge in [-0.1, -0.05) is 6.07 Å². The van der Waals surface area contributed by atoms with Crippen molar-refractivity contribution in [2.24, 2.45) is 0 Å². The number of anilines is 1. The topological polar surface area (TPSA) is 46.9 Å². The lowest BCUT2D eigenvalue weighted by Gasteiger charge is -2.38. The summed E-state index contributed by atoms with van der Waals surface area (Å²) < 4.78 is 14.2. The molecule has 0 aromatic heterocycles. The van der Waals surface area contributed by atoms with Crippen LogP contribution in [0.4, 0.5) is 10.1 Å². The number of piperazine rings is 1. The number of rotatable bonds is 4. The molecule has 1 aliphatic heterocycles. The maximum atomic E-state index is 14.2. The predicted octanol–water partition coefficient (Wildman–Crippen LogP) is 1.77. The van der Waals surface area contributed by atoms with Crippen LogP contribution in [-0.2, 0) is 0 Å². The van der Waals surface area contributed by atoms with Crippen LogP contribution in [0.25, 0.3) is 0 Å². The first-order chi connectivity index (χ1) is 9.76. The zero-order valence-corrected chi connectivity index (χ0v) is 13.0. The van der Waals surface area contributed by atoms with Gasteiger partial charge in [-0.05, 0) is 38.5 Å². The van der Waals surface area contributed by atoms with Crippen LogP contribution in [-0.4, -0.2) is 53.4 Å². The molecule has 0 spiro atoms. The van der Waals surface area contributed by atoms with Crippen molar-refractivity contribution in [3.8, 4) is 0 Å². The number of halogens is 1. The van der Waals surface area contributed by atoms with Crippen LogP contribution in [0.3, 0.4) is 0 Å². The van der Waals surface area contributed by atoms with Crippen molar-refractivity contribution in [2.45, 2.75) is 32.5 Å². The molecule has 21 heavy (non-hydrogen) atoms. The van der Waals surface area contributed by atoms with Crippen LogP contribution in [0.5, 0.6) is 0 Å². The molecule has 1 saturated heterocycles. The summed E-state index contributed by atoms with van der Waals surface area (Å²) in [7, 11) is 0. The molecule has 1 aromatic rings. The molecule has 0 radical (unpaired) electrons. The Kier molecular flexibility index (Phi) is 4.86. The van der Waals surface area contributed by atoms with Crippen molar-refractivity contribution in [3.63, 3.8) is 0 Å². The van der Waals surface area contributed by atoms with Gasteiger partial charge in [-0.25, -0.2) is 4.39 Å². The van der Waals surface area contributed by atoms with E-state index in [1.165, 1.54) is 6.07 Å². The first kappa shape index (κ1) is 16.2. The van der Waals surface area contributed by atoms with Crippen molar-refractivity contribution >= 4 is 5.69 Å². The average Bonchev–Trinajstić information content (AvgIpc) is 2.38. The second-order valence-corrected chi connectivity index (χ2v) is 6.46. The van der Waals surface area contributed by atoms with E-state index in [1.807, 2.05) is 4.90 Å². The van der Waals surface area contributed by atoms with Gasteiger partial charge < -0.3 is 15.1 Å². The Morgan fingerprint density at radius 3 is 2.33 bits per heavy atom. The summed E-state index contributed by atoms with van der Waals surface area (Å²) in [4.78, 5) is 4.21. The second-order valence-electron chi connectivity index (χ2n) is 6.46. The van der Waals surface area contributed by atoms with Crippen LogP contribution < -0.4 is 4.90 Å². The molecule has 1 aromatic carbocycles. The van der Waals surface area contributed by atoms with Crippen LogP contribution in [0, 0.1) is 5.82 Å². The molecule has 0 saturated carbocycles. The molecule has 118 valence electrons. The van der Waals surface area contributed by atoms with Crippen LogP contribution in [0.2, 0.25) is 0 Å². The van der Waals surface area contributed by atoms with Crippen LogP contribution in [0.15, 0.2) is 18.2 Å². The van der Waals surface area contributed by atoms with E-state index in [4.69, 9.17) is 0 Å². The Labute approximate surface area is 125 Å². The predicted molar refractivity (Wildman–Crippen MR) is 82.0 cm³/mol. The lowest BCUT2D eigenvalue weighted by molar-refractivity contribution is 0.0344. The fraction of sp³-hybridized carbons (Fsp3) is 0.625. The summed E-state index contributed by atoms with van der Waals surface area (Å²) in [5.74, 6) is -0.288. The van der Waals surface area contributed by atoms with Crippen molar-refractivity contribution in [2.75, 3.05) is 37.6 Å². The molecule has 0 amide bonds. The smallest absolute Gasteiger partial charge is 0.146 e. The highest BCUT2D eigenvalue weighted by Gasteiger charge is 2.24. The molecule has 1 atom stereocenters. The minimum atomic E-state index is -0.702. The number of hydrogen-bond donors (Lipinski definition) is 2. The normalized spacial score (nSPS) is 18.9. The van der Waals surface area contributed by atoms with Crippen molar-refractivity contribution in [1.29, 1.82) is 0 Å². The average molecular weight is 296 g/mol. The Morgan fingerprint density at radius 2 is 1.86 bits per heavy atom. The quantitative estimate of drug-likeness (QED) is 0.889. The van der Waals surface area contributed by atoms with Gasteiger partial charge in [-0.3, -0.25) is 4.90 Å². The fourth-order valence-corrected chi connectivity index (χ4v) is 2.73. The molecule has 1 fully saturated rings. The summed E-state index contributed by atoms with van der Waals surface area (Å²) in [6, 6.07) is 4.92. The van der Waals surface area contributed by atoms with Crippen molar-refractivity contribution in [3.05, 3.63) is 29.6 Å². The van der Waals surface area contributed by atoms with E-state index < -0.39 is 11.7 Å². The number of benzene rings is 1. The number of nitrogens with zero attached hydrogens (tertiary/aromatic N) is 2. The molecule has 0 aliphatic carbocycles. The summed E-state index contributed by atoms with van der Waals surface area (Å²) in [6.45, 7) is 8.95. The summed E-state index contributed by atoms with van der Waals surface area (Å²) in [5.41, 5.74) is 0.478. The maximum absolute atomic E-state index is 14.2. The summed E-state index contributed by atoms with van der Waals surface area (Å²) >= 11 is 0. The third kappa shape index (κ3) is 4.40. The van der Waals surface area contributed by atoms with Gasteiger partial charge in [-0.15, -0.1) is 0 Å². The van der Waals surface area contributed by atoms with Crippen molar-refractivity contribution < 1.29 is 14.6 Å². The maximum Gasteiger partial charge on any atom is 0.146 e. The molecular formula is C16H25FN2O2. The molecule has 1 unspecified atom stereocenters. The van der Waals surface area contributed by atoms with E-state index in [1.54, 1.807) is 32.9 Å². The Bertz CT molecular complexity index is 478. The zero-order valence-electron chi connectivity index (χ0n) is 13.0. The van der Waals surface area contributed by atoms with Crippen molar-refractivity contribution in [1.82, 2.24) is 4.90 Å². The number of hydrogen-bond acceptors (Lipinski definition) is 4. The Hall–Kier alpha value is -1.17. The number of β-amino-alcohol motifs (C(OH)–C–C–N with tert-alkyl or cyclic N) is 1. The zero-order chi connectivity index (χ0) is 15.6. The van der Waals surface area contributed by atoms with E-state index in [2.05, 4.69) is 4.90 Å². The first-order valence-corrected chi connectivity index (χ1v) is 7.43. The molecule has 2 rings (SSSR count). The summed E-state index contributed by atoms with van der Waals surface area (Å²) in [5, 5.41) is 19.3. The molecule has 2 N–H and O–H groups in total. The highest BCUT2D eigenvalue weighted by Crippen LogP contribution is 2.24. The molecule has 1 aliphatic rings. The van der Waals surface area contributed by atoms with E-state index in [0.29, 0.717) is 17.8 Å². The Balaban J connectivity index is 1.99. The van der Waals surface area contributed by atoms with Gasteiger partial charge in [0.05, 0.1) is 17.4 Å². The SMILES string of the molecule is CC(O)c1ccc(N2CCN(CC(C)(C)O)CC2)c(F)c1. The van der Waals surface area contributed by atoms with Gasteiger partial charge in [0.15, 0.2) is 0 Å². The van der Waals surface area contributed by atoms with Gasteiger partial charge in [0.1, 0.15) is 5.82 Å². The lowest BCUT2D eigenvalue weighted by atomic mass is 10.1. The molecule has 1 heterocycles. The molecule has 4 nitrogen and oxygen atoms in total. The number of aliphatic hydroxyl groups excluding tert-OH is 1. The lowest BCUT2D eigenvalue weighted by Crippen LogP contribution is -2.50. The van der Waals surface area contributed by atoms with E-state index >= 15 is 0 Å². The van der Waals surface area contributed by atoms with Gasteiger partial charge in [-0.2, -0.15) is 0 Å². The Morgan fingerprint density at radius 1 is 1.24 bits per heavy atom. The van der Waals surface area contributed by atoms with Crippen LogP contribution >= 0.6 is 0 Å². The van der Waals surface area contributed by atoms with Gasteiger partial charge in [0.2, 0.25) is 0 Å². The second kappa shape index (κ2) is 6.30.